The highest BCUT2D eigenvalue weighted by Gasteiger charge is 2.34. The van der Waals surface area contributed by atoms with Crippen LogP contribution in [0.3, 0.4) is 0 Å². The van der Waals surface area contributed by atoms with E-state index in [-0.39, 0.29) is 5.71 Å². The highest BCUT2D eigenvalue weighted by molar-refractivity contribution is 6.37. The first-order valence-electron chi connectivity index (χ1n) is 6.22. The first-order chi connectivity index (χ1) is 9.54. The number of carbonyl (C=O) groups is 2. The maximum atomic E-state index is 11.8. The van der Waals surface area contributed by atoms with Crippen molar-refractivity contribution in [3.05, 3.63) is 29.8 Å². The fraction of sp³-hybridized carbons (Fsp3) is 0.357. The summed E-state index contributed by atoms with van der Waals surface area (Å²) in [5, 5.41) is 4.07. The molecule has 0 spiro atoms. The first-order valence-corrected chi connectivity index (χ1v) is 6.22. The molecule has 2 unspecified atom stereocenters. The Morgan fingerprint density at radius 3 is 2.65 bits per heavy atom. The van der Waals surface area contributed by atoms with Gasteiger partial charge >= 0.3 is 11.9 Å². The number of rotatable bonds is 2. The summed E-state index contributed by atoms with van der Waals surface area (Å²) in [6, 6.07) is 7.32. The first kappa shape index (κ1) is 14.0. The van der Waals surface area contributed by atoms with Crippen molar-refractivity contribution in [1.82, 2.24) is 0 Å². The van der Waals surface area contributed by atoms with E-state index in [1.807, 2.05) is 24.3 Å². The van der Waals surface area contributed by atoms with Gasteiger partial charge in [0.1, 0.15) is 6.10 Å². The third-order valence-electron chi connectivity index (χ3n) is 3.14. The highest BCUT2D eigenvalue weighted by atomic mass is 16.5. The molecule has 1 aromatic rings. The summed E-state index contributed by atoms with van der Waals surface area (Å²) in [4.78, 5) is 23.1. The van der Waals surface area contributed by atoms with Crippen LogP contribution >= 0.6 is 0 Å². The lowest BCUT2D eigenvalue weighted by Crippen LogP contribution is -2.29. The van der Waals surface area contributed by atoms with Crippen molar-refractivity contribution in [1.29, 1.82) is 0 Å². The smallest absolute Gasteiger partial charge is 0.354 e. The van der Waals surface area contributed by atoms with E-state index >= 15 is 0 Å². The Labute approximate surface area is 116 Å². The van der Waals surface area contributed by atoms with Gasteiger partial charge in [0.15, 0.2) is 5.71 Å². The zero-order chi connectivity index (χ0) is 14.7. The third kappa shape index (κ3) is 2.64. The second-order valence-corrected chi connectivity index (χ2v) is 4.51. The fourth-order valence-electron chi connectivity index (χ4n) is 2.16. The Bertz CT molecular complexity index is 568. The molecule has 2 atom stereocenters. The van der Waals surface area contributed by atoms with Gasteiger partial charge in [0.25, 0.3) is 0 Å². The molecule has 106 valence electrons. The molecule has 0 saturated heterocycles. The van der Waals surface area contributed by atoms with Crippen LogP contribution in [0.15, 0.2) is 29.4 Å². The van der Waals surface area contributed by atoms with Crippen LogP contribution in [0.25, 0.3) is 0 Å². The molecule has 20 heavy (non-hydrogen) atoms. The molecule has 1 heterocycles. The molecule has 0 aliphatic carbocycles. The average Bonchev–Trinajstić information content (AvgIpc) is 2.56. The minimum atomic E-state index is -0.587. The molecule has 0 fully saturated rings. The summed E-state index contributed by atoms with van der Waals surface area (Å²) in [5.41, 5.74) is 4.48. The number of benzene rings is 1. The monoisotopic (exact) mass is 276 g/mol. The number of anilines is 1. The van der Waals surface area contributed by atoms with Crippen LogP contribution < -0.4 is 5.43 Å². The van der Waals surface area contributed by atoms with Crippen molar-refractivity contribution < 1.29 is 19.1 Å². The topological polar surface area (TPSA) is 77.0 Å². The molecule has 6 heteroatoms. The third-order valence-corrected chi connectivity index (χ3v) is 3.14. The molecule has 0 saturated carbocycles. The molecule has 1 aliphatic rings. The minimum Gasteiger partial charge on any atom is -0.464 e. The molecule has 2 rings (SSSR count). The van der Waals surface area contributed by atoms with E-state index in [4.69, 9.17) is 9.47 Å². The number of methoxy groups -OCH3 is 1. The summed E-state index contributed by atoms with van der Waals surface area (Å²) in [6.07, 6.45) is -0.587. The summed E-state index contributed by atoms with van der Waals surface area (Å²) < 4.78 is 10.1. The van der Waals surface area contributed by atoms with Gasteiger partial charge in [-0.15, -0.1) is 0 Å². The van der Waals surface area contributed by atoms with Gasteiger partial charge in [0, 0.05) is 18.4 Å². The number of hydrazone groups is 1. The number of hydrogen-bond donors (Lipinski definition) is 1. The predicted molar refractivity (Wildman–Crippen MR) is 73.2 cm³/mol. The Hall–Kier alpha value is -2.37. The van der Waals surface area contributed by atoms with Crippen LogP contribution in [-0.4, -0.2) is 24.8 Å². The molecule has 0 bridgehead atoms. The summed E-state index contributed by atoms with van der Waals surface area (Å²) in [6.45, 7) is 3.11. The van der Waals surface area contributed by atoms with Crippen molar-refractivity contribution in [3.63, 3.8) is 0 Å². The lowest BCUT2D eigenvalue weighted by Gasteiger charge is -2.23. The lowest BCUT2D eigenvalue weighted by atomic mass is 9.92. The van der Waals surface area contributed by atoms with Gasteiger partial charge in [-0.25, -0.2) is 4.79 Å². The molecule has 0 aromatic heterocycles. The number of nitrogens with zero attached hydrogens (tertiary/aromatic N) is 1. The number of esters is 2. The zero-order valence-corrected chi connectivity index (χ0v) is 11.5. The van der Waals surface area contributed by atoms with Gasteiger partial charge in [-0.3, -0.25) is 10.2 Å². The van der Waals surface area contributed by atoms with E-state index in [1.54, 1.807) is 6.92 Å². The molecule has 1 aromatic carbocycles. The quantitative estimate of drug-likeness (QED) is 0.834. The minimum absolute atomic E-state index is 0.190. The second kappa shape index (κ2) is 5.73. The lowest BCUT2D eigenvalue weighted by molar-refractivity contribution is -0.148. The fourth-order valence-corrected chi connectivity index (χ4v) is 2.16. The Kier molecular flexibility index (Phi) is 4.02. The summed E-state index contributed by atoms with van der Waals surface area (Å²) in [7, 11) is 1.29. The number of hydrogen-bond acceptors (Lipinski definition) is 6. The predicted octanol–water partition coefficient (Wildman–Crippen LogP) is 1.88. The van der Waals surface area contributed by atoms with Crippen LogP contribution in [0.5, 0.6) is 0 Å². The van der Waals surface area contributed by atoms with Crippen LogP contribution in [0.1, 0.15) is 25.5 Å². The average molecular weight is 276 g/mol. The standard InChI is InChI=1S/C14H16N2O4/c1-8-12(14(18)19-3)16-15-11-7-5-4-6-10(11)13(8)20-9(2)17/h4-8,13,15H,1-3H3. The van der Waals surface area contributed by atoms with E-state index in [9.17, 15) is 9.59 Å². The van der Waals surface area contributed by atoms with E-state index in [2.05, 4.69) is 10.5 Å². The largest absolute Gasteiger partial charge is 0.464 e. The van der Waals surface area contributed by atoms with Crippen molar-refractivity contribution in [2.24, 2.45) is 11.0 Å². The molecular formula is C14H16N2O4. The Morgan fingerprint density at radius 1 is 1.30 bits per heavy atom. The summed E-state index contributed by atoms with van der Waals surface area (Å²) in [5.74, 6) is -1.37. The zero-order valence-electron chi connectivity index (χ0n) is 11.5. The highest BCUT2D eigenvalue weighted by Crippen LogP contribution is 2.35. The van der Waals surface area contributed by atoms with Gasteiger partial charge in [0.05, 0.1) is 12.8 Å². The van der Waals surface area contributed by atoms with Gasteiger partial charge in [-0.1, -0.05) is 25.1 Å². The van der Waals surface area contributed by atoms with E-state index in [1.165, 1.54) is 14.0 Å². The molecular weight excluding hydrogens is 260 g/mol. The van der Waals surface area contributed by atoms with Crippen LogP contribution in [0.2, 0.25) is 0 Å². The molecule has 0 radical (unpaired) electrons. The van der Waals surface area contributed by atoms with E-state index in [0.29, 0.717) is 5.69 Å². The Morgan fingerprint density at radius 2 is 2.00 bits per heavy atom. The Balaban J connectivity index is 2.46. The molecule has 0 amide bonds. The van der Waals surface area contributed by atoms with Gasteiger partial charge in [0.2, 0.25) is 0 Å². The van der Waals surface area contributed by atoms with E-state index in [0.717, 1.165) is 5.56 Å². The maximum absolute atomic E-state index is 11.8. The maximum Gasteiger partial charge on any atom is 0.354 e. The van der Waals surface area contributed by atoms with Gasteiger partial charge < -0.3 is 9.47 Å². The van der Waals surface area contributed by atoms with Crippen LogP contribution in [-0.2, 0) is 19.1 Å². The number of ether oxygens (including phenoxy) is 2. The summed E-state index contributed by atoms with van der Waals surface area (Å²) >= 11 is 0. The van der Waals surface area contributed by atoms with Crippen molar-refractivity contribution in [3.8, 4) is 0 Å². The van der Waals surface area contributed by atoms with Crippen molar-refractivity contribution in [2.75, 3.05) is 12.5 Å². The number of para-hydroxylation sites is 1. The molecule has 1 N–H and O–H groups in total. The van der Waals surface area contributed by atoms with Crippen LogP contribution in [0, 0.1) is 5.92 Å². The second-order valence-electron chi connectivity index (χ2n) is 4.51. The number of carbonyl (C=O) groups excluding carboxylic acids is 2. The normalized spacial score (nSPS) is 20.9. The van der Waals surface area contributed by atoms with Gasteiger partial charge in [-0.2, -0.15) is 5.10 Å². The van der Waals surface area contributed by atoms with E-state index < -0.39 is 24.0 Å². The van der Waals surface area contributed by atoms with Crippen molar-refractivity contribution in [2.45, 2.75) is 20.0 Å². The number of nitrogens with one attached hydrogen (secondary N) is 1. The SMILES string of the molecule is COC(=O)C1=NNc2ccccc2C(OC(C)=O)C1C. The van der Waals surface area contributed by atoms with Crippen molar-refractivity contribution >= 4 is 23.3 Å². The molecule has 6 nitrogen and oxygen atoms in total. The number of fused-ring (bicyclic) bond motifs is 1. The van der Waals surface area contributed by atoms with Gasteiger partial charge in [-0.05, 0) is 6.07 Å². The van der Waals surface area contributed by atoms with Crippen LogP contribution in [0.4, 0.5) is 5.69 Å². The molecule has 1 aliphatic heterocycles.